The molecule has 2 nitrogen and oxygen atoms in total. The average molecular weight is 254 g/mol. The van der Waals surface area contributed by atoms with Crippen molar-refractivity contribution in [3.63, 3.8) is 0 Å². The van der Waals surface area contributed by atoms with Gasteiger partial charge in [-0.2, -0.15) is 0 Å². The van der Waals surface area contributed by atoms with Crippen LogP contribution in [0.3, 0.4) is 0 Å². The fourth-order valence-electron chi connectivity index (χ4n) is 1.56. The van der Waals surface area contributed by atoms with Crippen LogP contribution in [-0.4, -0.2) is 6.21 Å². The van der Waals surface area contributed by atoms with Crippen LogP contribution in [0, 0.1) is 5.82 Å². The quantitative estimate of drug-likeness (QED) is 0.586. The molecule has 0 atom stereocenters. The van der Waals surface area contributed by atoms with E-state index in [1.54, 1.807) is 18.2 Å². The lowest BCUT2D eigenvalue weighted by Crippen LogP contribution is -1.89. The maximum Gasteiger partial charge on any atom is 0.142 e. The number of rotatable bonds is 5. The first kappa shape index (κ1) is 13.0. The second-order valence-corrected chi connectivity index (χ2v) is 3.94. The van der Waals surface area contributed by atoms with Gasteiger partial charge in [0.1, 0.15) is 18.6 Å². The van der Waals surface area contributed by atoms with Gasteiger partial charge in [-0.1, -0.05) is 48.1 Å². The van der Waals surface area contributed by atoms with Crippen molar-refractivity contribution in [2.75, 3.05) is 0 Å². The smallest absolute Gasteiger partial charge is 0.142 e. The molecule has 0 saturated heterocycles. The van der Waals surface area contributed by atoms with Crippen LogP contribution in [-0.2, 0) is 11.4 Å². The van der Waals surface area contributed by atoms with Crippen molar-refractivity contribution in [1.82, 2.24) is 0 Å². The standard InChI is InChI=1S/C16H13FNO/c1-2-13-5-3-7-15(9-13)12-19-18-11-14-6-4-8-16(17)10-14/h2-10H,1,12H2. The molecule has 2 rings (SSSR count). The molecule has 0 bridgehead atoms. The van der Waals surface area contributed by atoms with Gasteiger partial charge in [-0.25, -0.2) is 4.39 Å². The second kappa shape index (κ2) is 6.50. The summed E-state index contributed by atoms with van der Waals surface area (Å²) in [5, 5.41) is 3.69. The number of nitrogens with zero attached hydrogens (tertiary/aromatic N) is 1. The van der Waals surface area contributed by atoms with E-state index in [9.17, 15) is 4.39 Å². The zero-order chi connectivity index (χ0) is 13.5. The van der Waals surface area contributed by atoms with Crippen LogP contribution in [0.25, 0.3) is 6.08 Å². The number of benzene rings is 2. The van der Waals surface area contributed by atoms with Crippen molar-refractivity contribution in [1.29, 1.82) is 0 Å². The van der Waals surface area contributed by atoms with Crippen LogP contribution in [0.2, 0.25) is 0 Å². The normalized spacial score (nSPS) is 10.6. The third-order valence-corrected chi connectivity index (χ3v) is 2.48. The summed E-state index contributed by atoms with van der Waals surface area (Å²) < 4.78 is 12.9. The van der Waals surface area contributed by atoms with E-state index < -0.39 is 0 Å². The van der Waals surface area contributed by atoms with Crippen molar-refractivity contribution in [2.45, 2.75) is 6.61 Å². The SMILES string of the molecule is C=Cc1cccc(CO/N=[C]\c2cccc(F)c2)c1. The van der Waals surface area contributed by atoms with Gasteiger partial charge in [0.25, 0.3) is 0 Å². The van der Waals surface area contributed by atoms with Crippen LogP contribution in [0.15, 0.2) is 60.3 Å². The molecule has 0 unspecified atom stereocenters. The molecule has 0 fully saturated rings. The maximum absolute atomic E-state index is 12.9. The summed E-state index contributed by atoms with van der Waals surface area (Å²) in [4.78, 5) is 5.12. The van der Waals surface area contributed by atoms with Gasteiger partial charge >= 0.3 is 0 Å². The van der Waals surface area contributed by atoms with Gasteiger partial charge in [-0.05, 0) is 29.3 Å². The molecule has 2 aromatic carbocycles. The van der Waals surface area contributed by atoms with E-state index in [0.717, 1.165) is 11.1 Å². The predicted molar refractivity (Wildman–Crippen MR) is 74.3 cm³/mol. The molecule has 0 N–H and O–H groups in total. The Morgan fingerprint density at radius 3 is 2.84 bits per heavy atom. The van der Waals surface area contributed by atoms with Crippen molar-refractivity contribution in [2.24, 2.45) is 5.16 Å². The van der Waals surface area contributed by atoms with Crippen molar-refractivity contribution in [3.8, 4) is 0 Å². The Hall–Kier alpha value is -2.42. The van der Waals surface area contributed by atoms with E-state index in [2.05, 4.69) is 17.9 Å². The molecule has 3 heteroatoms. The topological polar surface area (TPSA) is 21.6 Å². The molecule has 1 radical (unpaired) electrons. The van der Waals surface area contributed by atoms with Crippen molar-refractivity contribution >= 4 is 12.3 Å². The van der Waals surface area contributed by atoms with E-state index in [4.69, 9.17) is 4.84 Å². The molecular weight excluding hydrogens is 241 g/mol. The van der Waals surface area contributed by atoms with Crippen molar-refractivity contribution in [3.05, 3.63) is 77.6 Å². The third-order valence-electron chi connectivity index (χ3n) is 2.48. The molecular formula is C16H13FNO. The lowest BCUT2D eigenvalue weighted by Gasteiger charge is -2.00. The fourth-order valence-corrected chi connectivity index (χ4v) is 1.56. The van der Waals surface area contributed by atoms with E-state index in [1.807, 2.05) is 24.3 Å². The highest BCUT2D eigenvalue weighted by Crippen LogP contribution is 2.08. The van der Waals surface area contributed by atoms with Gasteiger partial charge < -0.3 is 4.84 Å². The molecule has 0 heterocycles. The monoisotopic (exact) mass is 254 g/mol. The van der Waals surface area contributed by atoms with Gasteiger partial charge in [0, 0.05) is 5.56 Å². The Morgan fingerprint density at radius 1 is 1.21 bits per heavy atom. The molecule has 0 aromatic heterocycles. The summed E-state index contributed by atoms with van der Waals surface area (Å²) in [6.07, 6.45) is 4.40. The molecule has 95 valence electrons. The molecule has 0 spiro atoms. The molecule has 0 saturated carbocycles. The molecule has 2 aromatic rings. The highest BCUT2D eigenvalue weighted by atomic mass is 19.1. The summed E-state index contributed by atoms with van der Waals surface area (Å²) in [6.45, 7) is 4.04. The minimum Gasteiger partial charge on any atom is -0.390 e. The summed E-state index contributed by atoms with van der Waals surface area (Å²) in [7, 11) is 0. The summed E-state index contributed by atoms with van der Waals surface area (Å²) in [6, 6.07) is 13.8. The molecule has 0 aliphatic carbocycles. The minimum absolute atomic E-state index is 0.320. The lowest BCUT2D eigenvalue weighted by molar-refractivity contribution is 0.132. The number of halogens is 1. The summed E-state index contributed by atoms with van der Waals surface area (Å²) in [5.74, 6) is -0.320. The third kappa shape index (κ3) is 4.07. The summed E-state index contributed by atoms with van der Waals surface area (Å²) >= 11 is 0. The van der Waals surface area contributed by atoms with Gasteiger partial charge in [0.05, 0.1) is 0 Å². The molecule has 0 amide bonds. The first-order chi connectivity index (χ1) is 9.28. The minimum atomic E-state index is -0.320. The van der Waals surface area contributed by atoms with Gasteiger partial charge in [-0.15, -0.1) is 0 Å². The van der Waals surface area contributed by atoms with Gasteiger partial charge in [0.15, 0.2) is 0 Å². The number of hydrogen-bond donors (Lipinski definition) is 0. The largest absolute Gasteiger partial charge is 0.390 e. The first-order valence-electron chi connectivity index (χ1n) is 5.83. The van der Waals surface area contributed by atoms with Crippen LogP contribution < -0.4 is 0 Å². The number of hydrogen-bond acceptors (Lipinski definition) is 2. The van der Waals surface area contributed by atoms with Crippen LogP contribution in [0.5, 0.6) is 0 Å². The van der Waals surface area contributed by atoms with Gasteiger partial charge in [0.2, 0.25) is 0 Å². The summed E-state index contributed by atoms with van der Waals surface area (Å²) in [5.41, 5.74) is 2.56. The lowest BCUT2D eigenvalue weighted by atomic mass is 10.1. The Balaban J connectivity index is 1.91. The average Bonchev–Trinajstić information content (AvgIpc) is 2.44. The van der Waals surface area contributed by atoms with Crippen molar-refractivity contribution < 1.29 is 9.23 Å². The maximum atomic E-state index is 12.9. The Morgan fingerprint density at radius 2 is 2.05 bits per heavy atom. The van der Waals surface area contributed by atoms with Gasteiger partial charge in [-0.3, -0.25) is 0 Å². The van der Waals surface area contributed by atoms with Crippen LogP contribution in [0.1, 0.15) is 16.7 Å². The van der Waals surface area contributed by atoms with E-state index in [1.165, 1.54) is 12.1 Å². The zero-order valence-corrected chi connectivity index (χ0v) is 10.3. The zero-order valence-electron chi connectivity index (χ0n) is 10.3. The first-order valence-corrected chi connectivity index (χ1v) is 5.83. The van der Waals surface area contributed by atoms with E-state index >= 15 is 0 Å². The Labute approximate surface area is 111 Å². The second-order valence-electron chi connectivity index (χ2n) is 3.94. The van der Waals surface area contributed by atoms with Crippen LogP contribution in [0.4, 0.5) is 4.39 Å². The Bertz CT molecular complexity index is 593. The van der Waals surface area contributed by atoms with E-state index in [-0.39, 0.29) is 5.82 Å². The molecule has 0 aliphatic heterocycles. The highest BCUT2D eigenvalue weighted by molar-refractivity contribution is 5.78. The van der Waals surface area contributed by atoms with Crippen LogP contribution >= 0.6 is 0 Å². The highest BCUT2D eigenvalue weighted by Gasteiger charge is 1.95. The predicted octanol–water partition coefficient (Wildman–Crippen LogP) is 3.90. The van der Waals surface area contributed by atoms with E-state index in [0.29, 0.717) is 12.2 Å². The molecule has 19 heavy (non-hydrogen) atoms. The Kier molecular flexibility index (Phi) is 4.45. The fraction of sp³-hybridized carbons (Fsp3) is 0.0625. The molecule has 0 aliphatic rings.